The summed E-state index contributed by atoms with van der Waals surface area (Å²) in [5, 5.41) is 2.98. The number of nitrogens with zero attached hydrogens (tertiary/aromatic N) is 1. The van der Waals surface area contributed by atoms with Crippen LogP contribution >= 0.6 is 0 Å². The van der Waals surface area contributed by atoms with Crippen molar-refractivity contribution in [3.05, 3.63) is 53.1 Å². The lowest BCUT2D eigenvalue weighted by Crippen LogP contribution is -2.30. The van der Waals surface area contributed by atoms with Crippen LogP contribution < -0.4 is 14.8 Å². The second kappa shape index (κ2) is 8.53. The molecule has 0 fully saturated rings. The molecule has 0 aliphatic rings. The first-order valence-electron chi connectivity index (χ1n) is 8.20. The Labute approximate surface area is 149 Å². The van der Waals surface area contributed by atoms with Gasteiger partial charge in [-0.2, -0.15) is 0 Å². The first-order valence-corrected chi connectivity index (χ1v) is 8.20. The zero-order valence-electron chi connectivity index (χ0n) is 15.6. The predicted molar refractivity (Wildman–Crippen MR) is 100 cm³/mol. The molecule has 2 aromatic rings. The normalized spacial score (nSPS) is 10.6. The maximum atomic E-state index is 12.3. The van der Waals surface area contributed by atoms with E-state index in [0.717, 1.165) is 22.4 Å². The van der Waals surface area contributed by atoms with Crippen LogP contribution in [0.15, 0.2) is 36.4 Å². The van der Waals surface area contributed by atoms with Crippen molar-refractivity contribution in [3.63, 3.8) is 0 Å². The van der Waals surface area contributed by atoms with Gasteiger partial charge in [0.1, 0.15) is 0 Å². The Morgan fingerprint density at radius 1 is 1.12 bits per heavy atom. The summed E-state index contributed by atoms with van der Waals surface area (Å²) in [4.78, 5) is 14.3. The number of anilines is 1. The van der Waals surface area contributed by atoms with Crippen molar-refractivity contribution in [3.8, 4) is 11.5 Å². The molecule has 0 spiro atoms. The second-order valence-corrected chi connectivity index (χ2v) is 6.19. The number of amides is 1. The summed E-state index contributed by atoms with van der Waals surface area (Å²) in [6.07, 6.45) is 0. The first kappa shape index (κ1) is 18.8. The summed E-state index contributed by atoms with van der Waals surface area (Å²) < 4.78 is 10.8. The summed E-state index contributed by atoms with van der Waals surface area (Å²) in [5.41, 5.74) is 4.01. The van der Waals surface area contributed by atoms with Crippen LogP contribution in [0, 0.1) is 13.8 Å². The van der Waals surface area contributed by atoms with Crippen molar-refractivity contribution in [2.24, 2.45) is 0 Å². The average molecular weight is 342 g/mol. The molecule has 2 rings (SSSR count). The number of carbonyl (C=O) groups excluding carboxylic acids is 1. The van der Waals surface area contributed by atoms with Gasteiger partial charge in [0, 0.05) is 17.8 Å². The number of carbonyl (C=O) groups is 1. The maximum absolute atomic E-state index is 12.3. The Bertz CT molecular complexity index is 744. The highest BCUT2D eigenvalue weighted by atomic mass is 16.5. The molecule has 0 aliphatic carbocycles. The Kier molecular flexibility index (Phi) is 6.42. The molecule has 0 aromatic heterocycles. The van der Waals surface area contributed by atoms with Gasteiger partial charge in [0.25, 0.3) is 0 Å². The van der Waals surface area contributed by atoms with E-state index in [0.29, 0.717) is 18.0 Å². The molecule has 2 aromatic carbocycles. The van der Waals surface area contributed by atoms with Crippen LogP contribution in [-0.2, 0) is 11.3 Å². The highest BCUT2D eigenvalue weighted by Gasteiger charge is 2.14. The van der Waals surface area contributed by atoms with Gasteiger partial charge in [-0.3, -0.25) is 9.69 Å². The van der Waals surface area contributed by atoms with E-state index in [1.807, 2.05) is 62.2 Å². The molecule has 1 amide bonds. The van der Waals surface area contributed by atoms with Gasteiger partial charge in [-0.1, -0.05) is 24.3 Å². The minimum absolute atomic E-state index is 0.0435. The molecule has 0 heterocycles. The molecule has 25 heavy (non-hydrogen) atoms. The predicted octanol–water partition coefficient (Wildman–Crippen LogP) is 3.39. The number of ether oxygens (including phenoxy) is 2. The van der Waals surface area contributed by atoms with E-state index < -0.39 is 0 Å². The van der Waals surface area contributed by atoms with E-state index in [9.17, 15) is 4.79 Å². The molecule has 5 nitrogen and oxygen atoms in total. The van der Waals surface area contributed by atoms with E-state index in [1.165, 1.54) is 0 Å². The summed E-state index contributed by atoms with van der Waals surface area (Å²) in [6, 6.07) is 11.8. The number of methoxy groups -OCH3 is 2. The second-order valence-electron chi connectivity index (χ2n) is 6.19. The van der Waals surface area contributed by atoms with Crippen LogP contribution in [-0.4, -0.2) is 38.6 Å². The monoisotopic (exact) mass is 342 g/mol. The molecule has 0 radical (unpaired) electrons. The third-order valence-corrected chi connectivity index (χ3v) is 4.01. The number of rotatable bonds is 7. The lowest BCUT2D eigenvalue weighted by Gasteiger charge is -2.19. The molecule has 0 aliphatic heterocycles. The Morgan fingerprint density at radius 2 is 1.88 bits per heavy atom. The van der Waals surface area contributed by atoms with Gasteiger partial charge in [0.05, 0.1) is 20.8 Å². The first-order chi connectivity index (χ1) is 11.9. The van der Waals surface area contributed by atoms with E-state index in [1.54, 1.807) is 14.2 Å². The van der Waals surface area contributed by atoms with E-state index in [2.05, 4.69) is 5.32 Å². The van der Waals surface area contributed by atoms with Gasteiger partial charge < -0.3 is 14.8 Å². The highest BCUT2D eigenvalue weighted by Crippen LogP contribution is 2.31. The standard InChI is InChI=1S/C20H26N2O3/c1-14-9-10-15(2)17(11-14)21-19(23)13-22(3)12-16-7-6-8-18(24-4)20(16)25-5/h6-11H,12-13H2,1-5H3,(H,21,23). The van der Waals surface area contributed by atoms with Crippen LogP contribution in [0.3, 0.4) is 0 Å². The summed E-state index contributed by atoms with van der Waals surface area (Å²) in [6.45, 7) is 4.87. The fraction of sp³-hybridized carbons (Fsp3) is 0.350. The average Bonchev–Trinajstić information content (AvgIpc) is 2.57. The van der Waals surface area contributed by atoms with Crippen LogP contribution in [0.25, 0.3) is 0 Å². The van der Waals surface area contributed by atoms with Crippen LogP contribution in [0.2, 0.25) is 0 Å². The number of nitrogens with one attached hydrogen (secondary N) is 1. The minimum Gasteiger partial charge on any atom is -0.493 e. The number of hydrogen-bond donors (Lipinski definition) is 1. The van der Waals surface area contributed by atoms with Gasteiger partial charge in [0.15, 0.2) is 11.5 Å². The molecular formula is C20H26N2O3. The quantitative estimate of drug-likeness (QED) is 0.838. The van der Waals surface area contributed by atoms with Gasteiger partial charge in [-0.05, 0) is 44.2 Å². The number of benzene rings is 2. The summed E-state index contributed by atoms with van der Waals surface area (Å²) in [5.74, 6) is 1.35. The summed E-state index contributed by atoms with van der Waals surface area (Å²) in [7, 11) is 5.14. The van der Waals surface area contributed by atoms with Crippen molar-refractivity contribution in [2.45, 2.75) is 20.4 Å². The fourth-order valence-electron chi connectivity index (χ4n) is 2.73. The van der Waals surface area contributed by atoms with Crippen LogP contribution in [0.4, 0.5) is 5.69 Å². The minimum atomic E-state index is -0.0435. The fourth-order valence-corrected chi connectivity index (χ4v) is 2.73. The molecule has 0 saturated carbocycles. The molecule has 5 heteroatoms. The molecule has 1 N–H and O–H groups in total. The Hall–Kier alpha value is -2.53. The van der Waals surface area contributed by atoms with E-state index in [-0.39, 0.29) is 12.5 Å². The van der Waals surface area contributed by atoms with E-state index >= 15 is 0 Å². The van der Waals surface area contributed by atoms with Crippen molar-refractivity contribution in [1.82, 2.24) is 4.90 Å². The largest absolute Gasteiger partial charge is 0.493 e. The smallest absolute Gasteiger partial charge is 0.238 e. The van der Waals surface area contributed by atoms with Crippen LogP contribution in [0.1, 0.15) is 16.7 Å². The maximum Gasteiger partial charge on any atom is 0.238 e. The van der Waals surface area contributed by atoms with Gasteiger partial charge >= 0.3 is 0 Å². The molecular weight excluding hydrogens is 316 g/mol. The topological polar surface area (TPSA) is 50.8 Å². The highest BCUT2D eigenvalue weighted by molar-refractivity contribution is 5.93. The zero-order valence-corrected chi connectivity index (χ0v) is 15.6. The Balaban J connectivity index is 2.01. The van der Waals surface area contributed by atoms with Gasteiger partial charge in [-0.25, -0.2) is 0 Å². The van der Waals surface area contributed by atoms with E-state index in [4.69, 9.17) is 9.47 Å². The molecule has 0 atom stereocenters. The molecule has 0 bridgehead atoms. The van der Waals surface area contributed by atoms with Gasteiger partial charge in [0.2, 0.25) is 5.91 Å². The lowest BCUT2D eigenvalue weighted by atomic mass is 10.1. The number of para-hydroxylation sites is 1. The molecule has 0 unspecified atom stereocenters. The number of hydrogen-bond acceptors (Lipinski definition) is 4. The van der Waals surface area contributed by atoms with Crippen molar-refractivity contribution < 1.29 is 14.3 Å². The SMILES string of the molecule is COc1cccc(CN(C)CC(=O)Nc2cc(C)ccc2C)c1OC. The van der Waals surface area contributed by atoms with Crippen molar-refractivity contribution in [1.29, 1.82) is 0 Å². The van der Waals surface area contributed by atoms with Gasteiger partial charge in [-0.15, -0.1) is 0 Å². The van der Waals surface area contributed by atoms with Crippen molar-refractivity contribution in [2.75, 3.05) is 33.1 Å². The third kappa shape index (κ3) is 4.97. The molecule has 134 valence electrons. The zero-order chi connectivity index (χ0) is 18.4. The van der Waals surface area contributed by atoms with Crippen LogP contribution in [0.5, 0.6) is 11.5 Å². The molecule has 0 saturated heterocycles. The number of likely N-dealkylation sites (N-methyl/N-ethyl adjacent to an activating group) is 1. The lowest BCUT2D eigenvalue weighted by molar-refractivity contribution is -0.117. The number of aryl methyl sites for hydroxylation is 2. The summed E-state index contributed by atoms with van der Waals surface area (Å²) >= 11 is 0. The third-order valence-electron chi connectivity index (χ3n) is 4.01. The van der Waals surface area contributed by atoms with Crippen molar-refractivity contribution >= 4 is 11.6 Å². The Morgan fingerprint density at radius 3 is 2.56 bits per heavy atom.